The number of carbonyl (C=O) groups is 1. The molecule has 2 aromatic carbocycles. The van der Waals surface area contributed by atoms with E-state index in [1.54, 1.807) is 6.92 Å². The molecule has 1 saturated heterocycles. The van der Waals surface area contributed by atoms with Crippen molar-refractivity contribution in [2.75, 3.05) is 24.4 Å². The normalized spacial score (nSPS) is 15.4. The van der Waals surface area contributed by atoms with Crippen LogP contribution in [0.25, 0.3) is 0 Å². The minimum Gasteiger partial charge on any atom is -0.492 e. The zero-order chi connectivity index (χ0) is 22.6. The second kappa shape index (κ2) is 9.25. The van der Waals surface area contributed by atoms with Crippen molar-refractivity contribution in [1.82, 2.24) is 4.31 Å². The summed E-state index contributed by atoms with van der Waals surface area (Å²) in [6, 6.07) is 8.80. The quantitative estimate of drug-likeness (QED) is 0.609. The number of anilines is 1. The van der Waals surface area contributed by atoms with Crippen LogP contribution in [0, 0.1) is 0 Å². The fraction of sp³-hybridized carbons (Fsp3) is 0.350. The fourth-order valence-corrected chi connectivity index (χ4v) is 6.01. The monoisotopic (exact) mass is 468 g/mol. The first kappa shape index (κ1) is 23.0. The lowest BCUT2D eigenvalue weighted by Gasteiger charge is -2.27. The number of benzene rings is 2. The van der Waals surface area contributed by atoms with Crippen LogP contribution in [-0.4, -0.2) is 51.9 Å². The molecule has 1 heterocycles. The Morgan fingerprint density at radius 2 is 1.68 bits per heavy atom. The van der Waals surface area contributed by atoms with Gasteiger partial charge < -0.3 is 9.84 Å². The van der Waals surface area contributed by atoms with Crippen molar-refractivity contribution in [3.05, 3.63) is 48.0 Å². The Balaban J connectivity index is 1.95. The third-order valence-corrected chi connectivity index (χ3v) is 8.16. The maximum Gasteiger partial charge on any atom is 0.335 e. The van der Waals surface area contributed by atoms with Gasteiger partial charge in [0.2, 0.25) is 10.0 Å². The van der Waals surface area contributed by atoms with E-state index in [0.717, 1.165) is 19.3 Å². The van der Waals surface area contributed by atoms with Gasteiger partial charge in [0.05, 0.1) is 22.8 Å². The van der Waals surface area contributed by atoms with Crippen molar-refractivity contribution < 1.29 is 31.5 Å². The number of nitrogens with zero attached hydrogens (tertiary/aromatic N) is 1. The molecule has 9 nitrogen and oxygen atoms in total. The van der Waals surface area contributed by atoms with Crippen LogP contribution in [0.5, 0.6) is 5.75 Å². The minimum absolute atomic E-state index is 0.0464. The number of hydrogen-bond donors (Lipinski definition) is 2. The zero-order valence-electron chi connectivity index (χ0n) is 16.9. The number of piperidine rings is 1. The number of rotatable bonds is 8. The molecule has 0 aliphatic carbocycles. The first-order valence-corrected chi connectivity index (χ1v) is 12.7. The highest BCUT2D eigenvalue weighted by Crippen LogP contribution is 2.32. The number of ether oxygens (including phenoxy) is 1. The van der Waals surface area contributed by atoms with Crippen LogP contribution in [0.4, 0.5) is 5.69 Å². The van der Waals surface area contributed by atoms with Gasteiger partial charge in [-0.3, -0.25) is 4.72 Å². The molecule has 11 heteroatoms. The van der Waals surface area contributed by atoms with Crippen molar-refractivity contribution >= 4 is 31.7 Å². The van der Waals surface area contributed by atoms with Crippen LogP contribution in [0.1, 0.15) is 36.5 Å². The molecular formula is C20H24N2O7S2. The maximum absolute atomic E-state index is 13.2. The highest BCUT2D eigenvalue weighted by Gasteiger charge is 2.30. The number of aromatic carboxylic acids is 1. The van der Waals surface area contributed by atoms with E-state index in [9.17, 15) is 21.6 Å². The third-order valence-electron chi connectivity index (χ3n) is 4.84. The van der Waals surface area contributed by atoms with Crippen LogP contribution in [0.3, 0.4) is 0 Å². The summed E-state index contributed by atoms with van der Waals surface area (Å²) in [6.45, 7) is 2.79. The highest BCUT2D eigenvalue weighted by molar-refractivity contribution is 7.92. The van der Waals surface area contributed by atoms with E-state index in [-0.39, 0.29) is 33.4 Å². The molecule has 0 aromatic heterocycles. The molecule has 0 saturated carbocycles. The third kappa shape index (κ3) is 5.17. The second-order valence-electron chi connectivity index (χ2n) is 6.99. The summed E-state index contributed by atoms with van der Waals surface area (Å²) >= 11 is 0. The number of sulfonamides is 2. The van der Waals surface area contributed by atoms with Gasteiger partial charge in [0, 0.05) is 13.1 Å². The fourth-order valence-electron chi connectivity index (χ4n) is 3.28. The van der Waals surface area contributed by atoms with E-state index in [1.807, 2.05) is 0 Å². The van der Waals surface area contributed by atoms with Crippen molar-refractivity contribution in [2.45, 2.75) is 36.0 Å². The van der Waals surface area contributed by atoms with Crippen LogP contribution in [0.15, 0.2) is 52.3 Å². The lowest BCUT2D eigenvalue weighted by molar-refractivity contribution is 0.0696. The molecule has 0 unspecified atom stereocenters. The van der Waals surface area contributed by atoms with Gasteiger partial charge >= 0.3 is 5.97 Å². The average molecular weight is 469 g/mol. The van der Waals surface area contributed by atoms with Crippen molar-refractivity contribution in [3.63, 3.8) is 0 Å². The van der Waals surface area contributed by atoms with E-state index < -0.39 is 26.0 Å². The van der Waals surface area contributed by atoms with Crippen LogP contribution >= 0.6 is 0 Å². The molecule has 31 heavy (non-hydrogen) atoms. The van der Waals surface area contributed by atoms with Gasteiger partial charge in [-0.1, -0.05) is 6.42 Å². The van der Waals surface area contributed by atoms with Gasteiger partial charge in [-0.2, -0.15) is 4.31 Å². The van der Waals surface area contributed by atoms with Gasteiger partial charge in [0.15, 0.2) is 0 Å². The molecule has 168 valence electrons. The molecule has 0 atom stereocenters. The van der Waals surface area contributed by atoms with Gasteiger partial charge in [0.25, 0.3) is 10.0 Å². The number of nitrogens with one attached hydrogen (secondary N) is 1. The van der Waals surface area contributed by atoms with Crippen molar-refractivity contribution in [2.24, 2.45) is 0 Å². The van der Waals surface area contributed by atoms with Crippen LogP contribution in [0.2, 0.25) is 0 Å². The molecule has 0 amide bonds. The lowest BCUT2D eigenvalue weighted by atomic mass is 10.2. The molecule has 1 aliphatic rings. The summed E-state index contributed by atoms with van der Waals surface area (Å²) in [6.07, 6.45) is 2.49. The van der Waals surface area contributed by atoms with E-state index in [1.165, 1.54) is 46.8 Å². The summed E-state index contributed by atoms with van der Waals surface area (Å²) < 4.78 is 61.0. The Kier molecular flexibility index (Phi) is 6.87. The Labute approximate surface area is 181 Å². The smallest absolute Gasteiger partial charge is 0.335 e. The van der Waals surface area contributed by atoms with Gasteiger partial charge in [-0.05, 0) is 62.2 Å². The first-order chi connectivity index (χ1) is 14.6. The van der Waals surface area contributed by atoms with Crippen LogP contribution < -0.4 is 9.46 Å². The Hall–Kier alpha value is -2.63. The second-order valence-corrected chi connectivity index (χ2v) is 10.6. The standard InChI is InChI=1S/C20H24N2O7S2/c1-2-29-18-11-8-16(14-19(18)31(27,28)22-12-4-3-5-13-22)21-30(25,26)17-9-6-15(7-10-17)20(23)24/h6-11,14,21H,2-5,12-13H2,1H3,(H,23,24). The van der Waals surface area contributed by atoms with E-state index in [2.05, 4.69) is 4.72 Å². The SMILES string of the molecule is CCOc1ccc(NS(=O)(=O)c2ccc(C(=O)O)cc2)cc1S(=O)(=O)N1CCCCC1. The number of carboxylic acids is 1. The average Bonchev–Trinajstić information content (AvgIpc) is 2.75. The van der Waals surface area contributed by atoms with Gasteiger partial charge in [0.1, 0.15) is 10.6 Å². The zero-order valence-corrected chi connectivity index (χ0v) is 18.6. The molecule has 3 rings (SSSR count). The van der Waals surface area contributed by atoms with Gasteiger partial charge in [-0.25, -0.2) is 21.6 Å². The summed E-state index contributed by atoms with van der Waals surface area (Å²) in [5.41, 5.74) is 0.0104. The molecule has 1 fully saturated rings. The molecule has 1 aliphatic heterocycles. The van der Waals surface area contributed by atoms with E-state index >= 15 is 0 Å². The number of carboxylic acid groups (broad SMARTS) is 1. The van der Waals surface area contributed by atoms with Crippen molar-refractivity contribution in [3.8, 4) is 5.75 Å². The minimum atomic E-state index is -4.06. The van der Waals surface area contributed by atoms with Gasteiger partial charge in [-0.15, -0.1) is 0 Å². The highest BCUT2D eigenvalue weighted by atomic mass is 32.2. The molecule has 0 bridgehead atoms. The van der Waals surface area contributed by atoms with Crippen LogP contribution in [-0.2, 0) is 20.0 Å². The summed E-state index contributed by atoms with van der Waals surface area (Å²) in [5, 5.41) is 8.96. The lowest BCUT2D eigenvalue weighted by Crippen LogP contribution is -2.35. The predicted molar refractivity (Wildman–Crippen MR) is 114 cm³/mol. The van der Waals surface area contributed by atoms with E-state index in [4.69, 9.17) is 9.84 Å². The predicted octanol–water partition coefficient (Wildman–Crippen LogP) is 2.76. The first-order valence-electron chi connectivity index (χ1n) is 9.78. The molecule has 0 radical (unpaired) electrons. The van der Waals surface area contributed by atoms with Crippen molar-refractivity contribution in [1.29, 1.82) is 0 Å². The molecule has 2 aromatic rings. The topological polar surface area (TPSA) is 130 Å². The maximum atomic E-state index is 13.2. The van der Waals surface area contributed by atoms with E-state index in [0.29, 0.717) is 13.1 Å². The Morgan fingerprint density at radius 3 is 2.26 bits per heavy atom. The Bertz CT molecular complexity index is 1150. The summed E-state index contributed by atoms with van der Waals surface area (Å²) in [5.74, 6) is -1.02. The molecular weight excluding hydrogens is 444 g/mol. The summed E-state index contributed by atoms with van der Waals surface area (Å²) in [4.78, 5) is 10.7. The number of hydrogen-bond acceptors (Lipinski definition) is 6. The summed E-state index contributed by atoms with van der Waals surface area (Å²) in [7, 11) is -7.92. The largest absolute Gasteiger partial charge is 0.492 e. The Morgan fingerprint density at radius 1 is 1.03 bits per heavy atom. The molecule has 2 N–H and O–H groups in total. The molecule has 0 spiro atoms.